The molecule has 4 heteroatoms. The van der Waals surface area contributed by atoms with E-state index in [0.717, 1.165) is 23.1 Å². The molecule has 1 aromatic rings. The minimum Gasteiger partial charge on any atom is -0.309 e. The average Bonchev–Trinajstić information content (AvgIpc) is 2.87. The van der Waals surface area contributed by atoms with Crippen molar-refractivity contribution >= 4 is 11.8 Å². The largest absolute Gasteiger partial charge is 0.309 e. The molecule has 1 aliphatic carbocycles. The van der Waals surface area contributed by atoms with Gasteiger partial charge in [0.1, 0.15) is 5.82 Å². The van der Waals surface area contributed by atoms with E-state index in [1.807, 2.05) is 11.8 Å². The Balaban J connectivity index is 1.94. The third kappa shape index (κ3) is 3.95. The van der Waals surface area contributed by atoms with Crippen LogP contribution >= 0.6 is 11.8 Å². The van der Waals surface area contributed by atoms with E-state index in [0.29, 0.717) is 0 Å². The highest BCUT2D eigenvalue weighted by Crippen LogP contribution is 2.32. The molecule has 0 bridgehead atoms. The molecule has 1 heterocycles. The maximum Gasteiger partial charge on any atom is 0.141 e. The fourth-order valence-electron chi connectivity index (χ4n) is 2.43. The molecule has 1 N–H and O–H groups in total. The van der Waals surface area contributed by atoms with E-state index in [1.165, 1.54) is 31.9 Å². The number of halogens is 1. The van der Waals surface area contributed by atoms with Gasteiger partial charge in [-0.25, -0.2) is 4.39 Å². The molecular formula is C14H21FN2S. The lowest BCUT2D eigenvalue weighted by atomic mass is 10.1. The zero-order chi connectivity index (χ0) is 12.8. The van der Waals surface area contributed by atoms with E-state index in [-0.39, 0.29) is 11.9 Å². The molecule has 2 rings (SSSR count). The van der Waals surface area contributed by atoms with Crippen molar-refractivity contribution in [2.24, 2.45) is 0 Å². The van der Waals surface area contributed by atoms with Crippen molar-refractivity contribution in [3.05, 3.63) is 29.8 Å². The summed E-state index contributed by atoms with van der Waals surface area (Å²) in [5.41, 5.74) is 0.961. The first-order valence-electron chi connectivity index (χ1n) is 6.75. The van der Waals surface area contributed by atoms with Gasteiger partial charge in [-0.1, -0.05) is 19.8 Å². The Morgan fingerprint density at radius 2 is 2.22 bits per heavy atom. The second-order valence-electron chi connectivity index (χ2n) is 4.79. The summed E-state index contributed by atoms with van der Waals surface area (Å²) in [6, 6.07) is 1.80. The van der Waals surface area contributed by atoms with Crippen molar-refractivity contribution in [3.63, 3.8) is 0 Å². The molecule has 1 unspecified atom stereocenters. The normalized spacial score (nSPS) is 18.1. The number of rotatable bonds is 6. The molecule has 0 spiro atoms. The summed E-state index contributed by atoms with van der Waals surface area (Å²) in [7, 11) is 0. The standard InChI is InChI=1S/C14H21FN2S/c1-2-17-14(10-18-13-5-3-4-6-13)11-7-12(15)9-16-8-11/h7-9,13-14,17H,2-6,10H2,1H3. The Kier molecular flexibility index (Phi) is 5.45. The van der Waals surface area contributed by atoms with Gasteiger partial charge in [0, 0.05) is 23.2 Å². The first-order valence-corrected chi connectivity index (χ1v) is 7.80. The molecule has 0 saturated heterocycles. The summed E-state index contributed by atoms with van der Waals surface area (Å²) in [5, 5.41) is 4.22. The van der Waals surface area contributed by atoms with Gasteiger partial charge in [-0.3, -0.25) is 4.98 Å². The first kappa shape index (κ1) is 13.8. The Bertz CT molecular complexity index is 367. The van der Waals surface area contributed by atoms with Crippen LogP contribution in [0.5, 0.6) is 0 Å². The number of nitrogens with one attached hydrogen (secondary N) is 1. The van der Waals surface area contributed by atoms with Gasteiger partial charge < -0.3 is 5.32 Å². The predicted octanol–water partition coefficient (Wildman–Crippen LogP) is 3.55. The van der Waals surface area contributed by atoms with Crippen LogP contribution in [-0.2, 0) is 0 Å². The maximum atomic E-state index is 13.2. The number of hydrogen-bond donors (Lipinski definition) is 1. The maximum absolute atomic E-state index is 13.2. The molecule has 0 radical (unpaired) electrons. The van der Waals surface area contributed by atoms with Crippen molar-refractivity contribution in [1.29, 1.82) is 0 Å². The van der Waals surface area contributed by atoms with Crippen molar-refractivity contribution in [1.82, 2.24) is 10.3 Å². The third-order valence-corrected chi connectivity index (χ3v) is 4.85. The van der Waals surface area contributed by atoms with Crippen LogP contribution in [0.1, 0.15) is 44.2 Å². The fourth-order valence-corrected chi connectivity index (χ4v) is 3.87. The summed E-state index contributed by atoms with van der Waals surface area (Å²) < 4.78 is 13.2. The molecule has 1 saturated carbocycles. The number of thioether (sulfide) groups is 1. The van der Waals surface area contributed by atoms with Gasteiger partial charge in [-0.05, 0) is 31.0 Å². The molecule has 0 amide bonds. The number of hydrogen-bond acceptors (Lipinski definition) is 3. The Hall–Kier alpha value is -0.610. The predicted molar refractivity (Wildman–Crippen MR) is 75.3 cm³/mol. The van der Waals surface area contributed by atoms with Crippen LogP contribution in [0.15, 0.2) is 18.5 Å². The first-order chi connectivity index (χ1) is 8.79. The van der Waals surface area contributed by atoms with E-state index in [4.69, 9.17) is 0 Å². The van der Waals surface area contributed by atoms with Crippen LogP contribution in [0.4, 0.5) is 4.39 Å². The van der Waals surface area contributed by atoms with Crippen molar-refractivity contribution in [2.45, 2.75) is 43.9 Å². The smallest absolute Gasteiger partial charge is 0.141 e. The summed E-state index contributed by atoms with van der Waals surface area (Å²) in [6.07, 6.45) is 8.44. The van der Waals surface area contributed by atoms with Gasteiger partial charge in [0.15, 0.2) is 0 Å². The van der Waals surface area contributed by atoms with Gasteiger partial charge in [0.25, 0.3) is 0 Å². The number of nitrogens with zero attached hydrogens (tertiary/aromatic N) is 1. The highest BCUT2D eigenvalue weighted by molar-refractivity contribution is 7.99. The zero-order valence-corrected chi connectivity index (χ0v) is 11.7. The molecular weight excluding hydrogens is 247 g/mol. The van der Waals surface area contributed by atoms with Crippen molar-refractivity contribution in [2.75, 3.05) is 12.3 Å². The SMILES string of the molecule is CCNC(CSC1CCCC1)c1cncc(F)c1. The molecule has 18 heavy (non-hydrogen) atoms. The minimum absolute atomic E-state index is 0.212. The Labute approximate surface area is 113 Å². The second-order valence-corrected chi connectivity index (χ2v) is 6.12. The Morgan fingerprint density at radius 1 is 1.44 bits per heavy atom. The van der Waals surface area contributed by atoms with Gasteiger partial charge in [0.05, 0.1) is 6.20 Å². The van der Waals surface area contributed by atoms with Crippen molar-refractivity contribution in [3.8, 4) is 0 Å². The summed E-state index contributed by atoms with van der Waals surface area (Å²) in [6.45, 7) is 2.98. The molecule has 1 aliphatic rings. The highest BCUT2D eigenvalue weighted by atomic mass is 32.2. The monoisotopic (exact) mass is 268 g/mol. The lowest BCUT2D eigenvalue weighted by molar-refractivity contribution is 0.582. The van der Waals surface area contributed by atoms with Crippen LogP contribution in [0, 0.1) is 5.82 Å². The molecule has 2 nitrogen and oxygen atoms in total. The summed E-state index contributed by atoms with van der Waals surface area (Å²) in [4.78, 5) is 3.94. The van der Waals surface area contributed by atoms with Gasteiger partial charge >= 0.3 is 0 Å². The lowest BCUT2D eigenvalue weighted by Crippen LogP contribution is -2.24. The average molecular weight is 268 g/mol. The number of aromatic nitrogens is 1. The highest BCUT2D eigenvalue weighted by Gasteiger charge is 2.18. The van der Waals surface area contributed by atoms with Crippen LogP contribution in [0.2, 0.25) is 0 Å². The van der Waals surface area contributed by atoms with Gasteiger partial charge in [-0.15, -0.1) is 0 Å². The minimum atomic E-state index is -0.249. The molecule has 0 aliphatic heterocycles. The van der Waals surface area contributed by atoms with Crippen LogP contribution in [0.3, 0.4) is 0 Å². The van der Waals surface area contributed by atoms with Crippen LogP contribution in [0.25, 0.3) is 0 Å². The molecule has 1 aromatic heterocycles. The summed E-state index contributed by atoms with van der Waals surface area (Å²) in [5.74, 6) is 0.755. The molecule has 0 aromatic carbocycles. The van der Waals surface area contributed by atoms with Crippen LogP contribution in [-0.4, -0.2) is 22.5 Å². The van der Waals surface area contributed by atoms with Gasteiger partial charge in [0.2, 0.25) is 0 Å². The molecule has 1 atom stereocenters. The topological polar surface area (TPSA) is 24.9 Å². The van der Waals surface area contributed by atoms with Gasteiger partial charge in [-0.2, -0.15) is 11.8 Å². The fraction of sp³-hybridized carbons (Fsp3) is 0.643. The lowest BCUT2D eigenvalue weighted by Gasteiger charge is -2.19. The van der Waals surface area contributed by atoms with E-state index >= 15 is 0 Å². The van der Waals surface area contributed by atoms with Crippen molar-refractivity contribution < 1.29 is 4.39 Å². The quantitative estimate of drug-likeness (QED) is 0.854. The number of pyridine rings is 1. The summed E-state index contributed by atoms with van der Waals surface area (Å²) >= 11 is 2.02. The zero-order valence-electron chi connectivity index (χ0n) is 10.9. The second kappa shape index (κ2) is 7.10. The van der Waals surface area contributed by atoms with Crippen LogP contribution < -0.4 is 5.32 Å². The van der Waals surface area contributed by atoms with E-state index in [9.17, 15) is 4.39 Å². The molecule has 100 valence electrons. The van der Waals surface area contributed by atoms with E-state index in [2.05, 4.69) is 17.2 Å². The van der Waals surface area contributed by atoms with E-state index in [1.54, 1.807) is 12.3 Å². The van der Waals surface area contributed by atoms with E-state index < -0.39 is 0 Å². The molecule has 1 fully saturated rings. The third-order valence-electron chi connectivity index (χ3n) is 3.38. The Morgan fingerprint density at radius 3 is 2.89 bits per heavy atom.